The van der Waals surface area contributed by atoms with Crippen molar-refractivity contribution in [2.24, 2.45) is 5.92 Å². The van der Waals surface area contributed by atoms with E-state index in [9.17, 15) is 4.79 Å². The summed E-state index contributed by atoms with van der Waals surface area (Å²) < 4.78 is 10.1. The Balaban J connectivity index is 2.62. The van der Waals surface area contributed by atoms with Gasteiger partial charge in [0.2, 0.25) is 6.79 Å². The smallest absolute Gasteiger partial charge is 0.210 e. The summed E-state index contributed by atoms with van der Waals surface area (Å²) >= 11 is 0. The monoisotopic (exact) mass is 157 g/mol. The molecule has 1 fully saturated rings. The highest BCUT2D eigenvalue weighted by Gasteiger charge is 2.33. The van der Waals surface area contributed by atoms with E-state index in [1.54, 1.807) is 6.92 Å². The highest BCUT2D eigenvalue weighted by molar-refractivity contribution is 5.79. The number of hydrogen-bond donors (Lipinski definition) is 0. The van der Waals surface area contributed by atoms with Crippen LogP contribution < -0.4 is 0 Å². The molecule has 1 radical (unpaired) electrons. The zero-order chi connectivity index (χ0) is 8.43. The molecule has 1 aliphatic rings. The summed E-state index contributed by atoms with van der Waals surface area (Å²) in [4.78, 5) is 11.0. The molecule has 1 saturated heterocycles. The molecule has 0 bridgehead atoms. The van der Waals surface area contributed by atoms with Gasteiger partial charge in [0, 0.05) is 0 Å². The molecular formula is C8H13O3. The van der Waals surface area contributed by atoms with Crippen LogP contribution in [0, 0.1) is 12.7 Å². The van der Waals surface area contributed by atoms with Crippen LogP contribution in [0.1, 0.15) is 20.8 Å². The van der Waals surface area contributed by atoms with Gasteiger partial charge in [0.05, 0.1) is 18.1 Å². The molecule has 0 saturated carbocycles. The van der Waals surface area contributed by atoms with Crippen LogP contribution in [-0.4, -0.2) is 18.0 Å². The second-order valence-electron chi connectivity index (χ2n) is 2.92. The molecule has 1 aliphatic heterocycles. The normalized spacial score (nSPS) is 38.6. The Hall–Kier alpha value is -0.410. The molecule has 3 heteroatoms. The average Bonchev–Trinajstić information content (AvgIpc) is 1.85. The van der Waals surface area contributed by atoms with E-state index in [4.69, 9.17) is 9.47 Å². The fraction of sp³-hybridized carbons (Fsp3) is 0.750. The lowest BCUT2D eigenvalue weighted by Gasteiger charge is -2.31. The first-order valence-corrected chi connectivity index (χ1v) is 3.76. The van der Waals surface area contributed by atoms with E-state index in [1.165, 1.54) is 6.79 Å². The molecule has 63 valence electrons. The molecule has 0 aromatic carbocycles. The van der Waals surface area contributed by atoms with Gasteiger partial charge in [-0.25, -0.2) is 0 Å². The van der Waals surface area contributed by atoms with Crippen molar-refractivity contribution < 1.29 is 14.3 Å². The summed E-state index contributed by atoms with van der Waals surface area (Å²) in [6, 6.07) is 0. The molecule has 0 N–H and O–H groups in total. The SMILES string of the molecule is CC(=O)C1C(C)O[CH]OC1C. The Morgan fingerprint density at radius 1 is 1.27 bits per heavy atom. The summed E-state index contributed by atoms with van der Waals surface area (Å²) in [5.41, 5.74) is 0. The van der Waals surface area contributed by atoms with Crippen LogP contribution >= 0.6 is 0 Å². The summed E-state index contributed by atoms with van der Waals surface area (Å²) in [6.45, 7) is 6.63. The fourth-order valence-corrected chi connectivity index (χ4v) is 1.42. The van der Waals surface area contributed by atoms with E-state index < -0.39 is 0 Å². The van der Waals surface area contributed by atoms with Crippen molar-refractivity contribution in [1.29, 1.82) is 0 Å². The number of ketones is 1. The molecule has 1 rings (SSSR count). The van der Waals surface area contributed by atoms with Crippen LogP contribution in [0.15, 0.2) is 0 Å². The lowest BCUT2D eigenvalue weighted by molar-refractivity contribution is -0.160. The van der Waals surface area contributed by atoms with Crippen molar-refractivity contribution in [2.75, 3.05) is 0 Å². The third-order valence-corrected chi connectivity index (χ3v) is 2.02. The van der Waals surface area contributed by atoms with Crippen LogP contribution in [0.2, 0.25) is 0 Å². The lowest BCUT2D eigenvalue weighted by atomic mass is 9.93. The van der Waals surface area contributed by atoms with E-state index >= 15 is 0 Å². The van der Waals surface area contributed by atoms with Crippen molar-refractivity contribution in [3.63, 3.8) is 0 Å². The third-order valence-electron chi connectivity index (χ3n) is 2.02. The van der Waals surface area contributed by atoms with Crippen molar-refractivity contribution in [1.82, 2.24) is 0 Å². The van der Waals surface area contributed by atoms with Crippen LogP contribution in [0.4, 0.5) is 0 Å². The molecule has 3 nitrogen and oxygen atoms in total. The number of hydrogen-bond acceptors (Lipinski definition) is 3. The minimum absolute atomic E-state index is 0.0590. The molecule has 0 aliphatic carbocycles. The maximum absolute atomic E-state index is 11.0. The molecule has 11 heavy (non-hydrogen) atoms. The largest absolute Gasteiger partial charge is 0.344 e. The maximum atomic E-state index is 11.0. The second kappa shape index (κ2) is 3.32. The first-order chi connectivity index (χ1) is 5.13. The Bertz CT molecular complexity index is 145. The van der Waals surface area contributed by atoms with Gasteiger partial charge in [0.25, 0.3) is 0 Å². The van der Waals surface area contributed by atoms with Gasteiger partial charge >= 0.3 is 0 Å². The van der Waals surface area contributed by atoms with Crippen LogP contribution in [0.25, 0.3) is 0 Å². The molecule has 0 aromatic heterocycles. The van der Waals surface area contributed by atoms with Crippen LogP contribution in [-0.2, 0) is 14.3 Å². The Labute approximate surface area is 66.7 Å². The zero-order valence-corrected chi connectivity index (χ0v) is 7.03. The van der Waals surface area contributed by atoms with E-state index in [0.29, 0.717) is 0 Å². The molecule has 0 aromatic rings. The summed E-state index contributed by atoms with van der Waals surface area (Å²) in [7, 11) is 0. The number of Topliss-reactive ketones (excluding diaryl/α,β-unsaturated/α-hetero) is 1. The Morgan fingerprint density at radius 3 is 2.00 bits per heavy atom. The predicted octanol–water partition coefficient (Wildman–Crippen LogP) is 1.13. The van der Waals surface area contributed by atoms with Crippen LogP contribution in [0.3, 0.4) is 0 Å². The van der Waals surface area contributed by atoms with Gasteiger partial charge < -0.3 is 9.47 Å². The quantitative estimate of drug-likeness (QED) is 0.572. The fourth-order valence-electron chi connectivity index (χ4n) is 1.42. The highest BCUT2D eigenvalue weighted by Crippen LogP contribution is 2.22. The van der Waals surface area contributed by atoms with Gasteiger partial charge in [-0.15, -0.1) is 0 Å². The standard InChI is InChI=1S/C8H13O3/c1-5(9)8-6(2)10-4-11-7(8)3/h4,6-8H,1-3H3. The van der Waals surface area contributed by atoms with Crippen molar-refractivity contribution in [2.45, 2.75) is 33.0 Å². The zero-order valence-electron chi connectivity index (χ0n) is 7.03. The van der Waals surface area contributed by atoms with Gasteiger partial charge in [-0.3, -0.25) is 4.79 Å². The predicted molar refractivity (Wildman–Crippen MR) is 39.6 cm³/mol. The van der Waals surface area contributed by atoms with E-state index in [1.807, 2.05) is 13.8 Å². The third kappa shape index (κ3) is 1.79. The average molecular weight is 157 g/mol. The summed E-state index contributed by atoms with van der Waals surface area (Å²) in [5.74, 6) is -0.00176. The van der Waals surface area contributed by atoms with E-state index in [2.05, 4.69) is 0 Å². The number of rotatable bonds is 1. The molecule has 0 amide bonds. The molecule has 2 unspecified atom stereocenters. The molecule has 0 spiro atoms. The van der Waals surface area contributed by atoms with E-state index in [-0.39, 0.29) is 23.9 Å². The minimum atomic E-state index is -0.125. The number of carbonyl (C=O) groups excluding carboxylic acids is 1. The van der Waals surface area contributed by atoms with Crippen molar-refractivity contribution >= 4 is 5.78 Å². The first-order valence-electron chi connectivity index (χ1n) is 3.76. The van der Waals surface area contributed by atoms with Gasteiger partial charge in [-0.2, -0.15) is 0 Å². The Kier molecular flexibility index (Phi) is 2.62. The number of ether oxygens (including phenoxy) is 2. The molecule has 2 atom stereocenters. The molecule has 1 heterocycles. The van der Waals surface area contributed by atoms with Gasteiger partial charge in [0.15, 0.2) is 0 Å². The van der Waals surface area contributed by atoms with Crippen LogP contribution in [0.5, 0.6) is 0 Å². The van der Waals surface area contributed by atoms with E-state index in [0.717, 1.165) is 0 Å². The topological polar surface area (TPSA) is 35.5 Å². The second-order valence-corrected chi connectivity index (χ2v) is 2.92. The lowest BCUT2D eigenvalue weighted by Crippen LogP contribution is -2.40. The van der Waals surface area contributed by atoms with Gasteiger partial charge in [-0.1, -0.05) is 0 Å². The number of carbonyl (C=O) groups is 1. The van der Waals surface area contributed by atoms with Gasteiger partial charge in [-0.05, 0) is 20.8 Å². The summed E-state index contributed by atoms with van der Waals surface area (Å²) in [5, 5.41) is 0. The first kappa shape index (κ1) is 8.68. The summed E-state index contributed by atoms with van der Waals surface area (Å²) in [6.07, 6.45) is -0.118. The van der Waals surface area contributed by atoms with Crippen molar-refractivity contribution in [3.05, 3.63) is 6.79 Å². The Morgan fingerprint density at radius 2 is 1.73 bits per heavy atom. The minimum Gasteiger partial charge on any atom is -0.344 e. The van der Waals surface area contributed by atoms with Crippen molar-refractivity contribution in [3.8, 4) is 0 Å². The maximum Gasteiger partial charge on any atom is 0.210 e. The molecular weight excluding hydrogens is 144 g/mol. The van der Waals surface area contributed by atoms with Gasteiger partial charge in [0.1, 0.15) is 5.78 Å². The highest BCUT2D eigenvalue weighted by atomic mass is 16.7.